The van der Waals surface area contributed by atoms with Crippen molar-refractivity contribution in [3.05, 3.63) is 33.7 Å². The van der Waals surface area contributed by atoms with E-state index >= 15 is 0 Å². The van der Waals surface area contributed by atoms with E-state index in [0.717, 1.165) is 27.8 Å². The summed E-state index contributed by atoms with van der Waals surface area (Å²) in [5.41, 5.74) is 7.66. The lowest BCUT2D eigenvalue weighted by atomic mass is 10.2. The molecule has 0 aliphatic carbocycles. The molecule has 0 radical (unpaired) electrons. The van der Waals surface area contributed by atoms with Gasteiger partial charge in [0.05, 0.1) is 9.26 Å². The molecule has 0 saturated carbocycles. The fraction of sp³-hybridized carbons (Fsp3) is 0.250. The Bertz CT molecular complexity index is 513. The highest BCUT2D eigenvalue weighted by Crippen LogP contribution is 2.21. The standard InChI is InChI=1S/C12H13IN4/c1-2-5-8-10(13)11(14)17-12(16-8)9-6-3-4-7-15-9/h3-4,6-7H,2,5H2,1H3,(H2,14,16,17). The van der Waals surface area contributed by atoms with Crippen LogP contribution in [0.25, 0.3) is 11.5 Å². The van der Waals surface area contributed by atoms with Gasteiger partial charge in [-0.2, -0.15) is 0 Å². The molecule has 17 heavy (non-hydrogen) atoms. The van der Waals surface area contributed by atoms with Gasteiger partial charge in [0.15, 0.2) is 5.82 Å². The third kappa shape index (κ3) is 2.71. The molecule has 0 amide bonds. The van der Waals surface area contributed by atoms with Crippen molar-refractivity contribution in [2.75, 3.05) is 5.73 Å². The number of pyridine rings is 1. The molecule has 2 rings (SSSR count). The molecule has 5 heteroatoms. The second-order valence-electron chi connectivity index (χ2n) is 3.66. The molecule has 0 atom stereocenters. The predicted molar refractivity (Wildman–Crippen MR) is 76.4 cm³/mol. The van der Waals surface area contributed by atoms with Crippen LogP contribution in [0.4, 0.5) is 5.82 Å². The maximum atomic E-state index is 5.90. The minimum Gasteiger partial charge on any atom is -0.383 e. The first-order valence-electron chi connectivity index (χ1n) is 5.45. The van der Waals surface area contributed by atoms with Gasteiger partial charge in [-0.1, -0.05) is 19.4 Å². The van der Waals surface area contributed by atoms with Crippen LogP contribution >= 0.6 is 22.6 Å². The normalized spacial score (nSPS) is 10.5. The summed E-state index contributed by atoms with van der Waals surface area (Å²) in [6.07, 6.45) is 3.67. The molecule has 2 aromatic rings. The molecule has 0 saturated heterocycles. The van der Waals surface area contributed by atoms with E-state index in [-0.39, 0.29) is 0 Å². The number of halogens is 1. The van der Waals surface area contributed by atoms with Gasteiger partial charge < -0.3 is 5.73 Å². The van der Waals surface area contributed by atoms with E-state index in [1.807, 2.05) is 18.2 Å². The SMILES string of the molecule is CCCc1nc(-c2ccccn2)nc(N)c1I. The largest absolute Gasteiger partial charge is 0.383 e. The van der Waals surface area contributed by atoms with Crippen LogP contribution in [0.5, 0.6) is 0 Å². The summed E-state index contributed by atoms with van der Waals surface area (Å²) in [6.45, 7) is 2.12. The first-order chi connectivity index (χ1) is 8.22. The number of nitrogens with zero attached hydrogens (tertiary/aromatic N) is 3. The average molecular weight is 340 g/mol. The van der Waals surface area contributed by atoms with E-state index < -0.39 is 0 Å². The van der Waals surface area contributed by atoms with Crippen LogP contribution in [0.15, 0.2) is 24.4 Å². The molecule has 88 valence electrons. The molecule has 0 spiro atoms. The van der Waals surface area contributed by atoms with E-state index in [1.54, 1.807) is 6.20 Å². The van der Waals surface area contributed by atoms with Gasteiger partial charge in [-0.3, -0.25) is 4.98 Å². The first-order valence-corrected chi connectivity index (χ1v) is 6.53. The molecule has 2 aromatic heterocycles. The number of anilines is 1. The van der Waals surface area contributed by atoms with Gasteiger partial charge in [-0.05, 0) is 41.1 Å². The quantitative estimate of drug-likeness (QED) is 0.873. The van der Waals surface area contributed by atoms with Crippen molar-refractivity contribution in [3.63, 3.8) is 0 Å². The molecule has 0 unspecified atom stereocenters. The molecular formula is C12H13IN4. The fourth-order valence-corrected chi connectivity index (χ4v) is 2.04. The molecule has 0 aromatic carbocycles. The van der Waals surface area contributed by atoms with E-state index in [9.17, 15) is 0 Å². The first kappa shape index (κ1) is 12.2. The summed E-state index contributed by atoms with van der Waals surface area (Å²) >= 11 is 2.19. The topological polar surface area (TPSA) is 64.7 Å². The zero-order chi connectivity index (χ0) is 12.3. The van der Waals surface area contributed by atoms with Gasteiger partial charge in [0.1, 0.15) is 11.5 Å². The van der Waals surface area contributed by atoms with Gasteiger partial charge in [-0.25, -0.2) is 9.97 Å². The van der Waals surface area contributed by atoms with Crippen molar-refractivity contribution in [1.29, 1.82) is 0 Å². The fourth-order valence-electron chi connectivity index (χ4n) is 1.52. The molecule has 0 aliphatic heterocycles. The number of nitrogen functional groups attached to an aromatic ring is 1. The van der Waals surface area contributed by atoms with Crippen molar-refractivity contribution >= 4 is 28.4 Å². The van der Waals surface area contributed by atoms with Crippen LogP contribution in [-0.4, -0.2) is 15.0 Å². The lowest BCUT2D eigenvalue weighted by Gasteiger charge is -2.07. The maximum absolute atomic E-state index is 5.90. The second-order valence-corrected chi connectivity index (χ2v) is 4.74. The van der Waals surface area contributed by atoms with Gasteiger partial charge in [0, 0.05) is 6.20 Å². The molecule has 0 bridgehead atoms. The van der Waals surface area contributed by atoms with E-state index in [0.29, 0.717) is 11.6 Å². The van der Waals surface area contributed by atoms with Gasteiger partial charge in [0.2, 0.25) is 0 Å². The Morgan fingerprint density at radius 1 is 1.29 bits per heavy atom. The zero-order valence-corrected chi connectivity index (χ0v) is 11.7. The average Bonchev–Trinajstić information content (AvgIpc) is 2.36. The number of hydrogen-bond acceptors (Lipinski definition) is 4. The lowest BCUT2D eigenvalue weighted by Crippen LogP contribution is -2.05. The second kappa shape index (κ2) is 5.39. The lowest BCUT2D eigenvalue weighted by molar-refractivity contribution is 0.868. The van der Waals surface area contributed by atoms with Crippen LogP contribution in [-0.2, 0) is 6.42 Å². The van der Waals surface area contributed by atoms with Crippen molar-refractivity contribution in [3.8, 4) is 11.5 Å². The van der Waals surface area contributed by atoms with Crippen molar-refractivity contribution < 1.29 is 0 Å². The zero-order valence-electron chi connectivity index (χ0n) is 9.52. The number of rotatable bonds is 3. The highest BCUT2D eigenvalue weighted by Gasteiger charge is 2.11. The van der Waals surface area contributed by atoms with Crippen LogP contribution in [0.3, 0.4) is 0 Å². The smallest absolute Gasteiger partial charge is 0.180 e. The monoisotopic (exact) mass is 340 g/mol. The number of aromatic nitrogens is 3. The van der Waals surface area contributed by atoms with Crippen LogP contribution in [0, 0.1) is 3.57 Å². The number of aryl methyl sites for hydroxylation is 1. The van der Waals surface area contributed by atoms with E-state index in [4.69, 9.17) is 5.73 Å². The molecule has 2 N–H and O–H groups in total. The summed E-state index contributed by atoms with van der Waals surface area (Å²) in [5, 5.41) is 0. The molecular weight excluding hydrogens is 327 g/mol. The van der Waals surface area contributed by atoms with Gasteiger partial charge in [-0.15, -0.1) is 0 Å². The Balaban J connectivity index is 2.49. The predicted octanol–water partition coefficient (Wildman–Crippen LogP) is 2.68. The molecule has 0 fully saturated rings. The summed E-state index contributed by atoms with van der Waals surface area (Å²) in [5.74, 6) is 1.14. The van der Waals surface area contributed by atoms with Crippen molar-refractivity contribution in [1.82, 2.24) is 15.0 Å². The maximum Gasteiger partial charge on any atom is 0.180 e. The minimum absolute atomic E-state index is 0.532. The molecule has 2 heterocycles. The number of nitrogens with two attached hydrogens (primary N) is 1. The van der Waals surface area contributed by atoms with E-state index in [2.05, 4.69) is 44.5 Å². The Morgan fingerprint density at radius 3 is 2.76 bits per heavy atom. The number of hydrogen-bond donors (Lipinski definition) is 1. The minimum atomic E-state index is 0.532. The van der Waals surface area contributed by atoms with Crippen molar-refractivity contribution in [2.24, 2.45) is 0 Å². The highest BCUT2D eigenvalue weighted by atomic mass is 127. The Kier molecular flexibility index (Phi) is 3.88. The highest BCUT2D eigenvalue weighted by molar-refractivity contribution is 14.1. The molecule has 4 nitrogen and oxygen atoms in total. The summed E-state index contributed by atoms with van der Waals surface area (Å²) in [6, 6.07) is 5.67. The Morgan fingerprint density at radius 2 is 2.12 bits per heavy atom. The van der Waals surface area contributed by atoms with Gasteiger partial charge in [0.25, 0.3) is 0 Å². The summed E-state index contributed by atoms with van der Waals surface area (Å²) in [4.78, 5) is 13.1. The van der Waals surface area contributed by atoms with Crippen LogP contribution in [0.1, 0.15) is 19.0 Å². The Hall–Kier alpha value is -1.24. The third-order valence-corrected chi connectivity index (χ3v) is 3.50. The van der Waals surface area contributed by atoms with Crippen LogP contribution in [0.2, 0.25) is 0 Å². The molecule has 0 aliphatic rings. The summed E-state index contributed by atoms with van der Waals surface area (Å²) in [7, 11) is 0. The Labute approximate surface area is 114 Å². The van der Waals surface area contributed by atoms with Crippen molar-refractivity contribution in [2.45, 2.75) is 19.8 Å². The van der Waals surface area contributed by atoms with Crippen LogP contribution < -0.4 is 5.73 Å². The summed E-state index contributed by atoms with van der Waals surface area (Å²) < 4.78 is 0.948. The van der Waals surface area contributed by atoms with E-state index in [1.165, 1.54) is 0 Å². The third-order valence-electron chi connectivity index (χ3n) is 2.33. The van der Waals surface area contributed by atoms with Gasteiger partial charge >= 0.3 is 0 Å².